The quantitative estimate of drug-likeness (QED) is 0.164. The molecule has 2 N–H and O–H groups in total. The van der Waals surface area contributed by atoms with E-state index in [-0.39, 0.29) is 41.3 Å². The molecule has 2 aliphatic heterocycles. The molecule has 2 saturated heterocycles. The summed E-state index contributed by atoms with van der Waals surface area (Å²) in [4.78, 5) is 60.5. The number of anilines is 1. The highest BCUT2D eigenvalue weighted by Crippen LogP contribution is 2.64. The average Bonchev–Trinajstić information content (AvgIpc) is 3.79. The first-order chi connectivity index (χ1) is 24.1. The number of phenolic OH excluding ortho intramolecular Hbond substituents is 1. The summed E-state index contributed by atoms with van der Waals surface area (Å²) in [6, 6.07) is 23.7. The number of amides is 4. The van der Waals surface area contributed by atoms with E-state index in [0.717, 1.165) is 21.0 Å². The minimum atomic E-state index is -1.46. The van der Waals surface area contributed by atoms with E-state index in [1.165, 1.54) is 23.3 Å². The molecule has 3 aromatic carbocycles. The number of imide groups is 2. The number of nitrogens with one attached hydrogen (secondary N) is 1. The van der Waals surface area contributed by atoms with Crippen molar-refractivity contribution in [3.63, 3.8) is 0 Å². The third-order valence-corrected chi connectivity index (χ3v) is 12.1. The summed E-state index contributed by atoms with van der Waals surface area (Å²) < 4.78 is 5.53. The fourth-order valence-electron chi connectivity index (χ4n) is 8.82. The van der Waals surface area contributed by atoms with Crippen LogP contribution in [0.5, 0.6) is 11.5 Å². The molecular weight excluding hydrogens is 674 g/mol. The van der Waals surface area contributed by atoms with E-state index < -0.39 is 46.8 Å². The van der Waals surface area contributed by atoms with Crippen molar-refractivity contribution >= 4 is 52.3 Å². The van der Waals surface area contributed by atoms with Crippen molar-refractivity contribution < 1.29 is 29.0 Å². The number of hydrogen-bond acceptors (Lipinski definition) is 8. The minimum Gasteiger partial charge on any atom is -0.503 e. The highest BCUT2D eigenvalue weighted by molar-refractivity contribution is 7.09. The largest absolute Gasteiger partial charge is 0.503 e. The molecule has 6 unspecified atom stereocenters. The number of ether oxygens (including phenoxy) is 1. The smallest absolute Gasteiger partial charge is 0.260 e. The summed E-state index contributed by atoms with van der Waals surface area (Å²) >= 11 is 8.12. The maximum atomic E-state index is 15.3. The Labute approximate surface area is 298 Å². The van der Waals surface area contributed by atoms with Crippen molar-refractivity contribution in [1.29, 1.82) is 0 Å². The van der Waals surface area contributed by atoms with Gasteiger partial charge in [-0.05, 0) is 72.5 Å². The van der Waals surface area contributed by atoms with Crippen LogP contribution in [0.25, 0.3) is 0 Å². The van der Waals surface area contributed by atoms with Gasteiger partial charge in [0.2, 0.25) is 11.8 Å². The van der Waals surface area contributed by atoms with E-state index in [4.69, 9.17) is 16.3 Å². The van der Waals surface area contributed by atoms with E-state index in [0.29, 0.717) is 23.2 Å². The monoisotopic (exact) mass is 707 g/mol. The standard InChI is InChI=1S/C39H34ClN3O6S/c1-21-10-12-24(13-11-21)41-43-36(46)29-19-28-26(14-15-27-32(28)37(47)42(35(27)45)20-25-9-6-16-50-25)33(22-17-30(40)34(44)31(18-22)49-2)39(29,38(43)48)23-7-4-3-5-8-23/h3-14,16-18,27-29,32-33,41,44H,15,19-20H2,1-2H3. The number of carbonyl (C=O) groups is 4. The summed E-state index contributed by atoms with van der Waals surface area (Å²) in [5.41, 5.74) is 5.23. The number of carbonyl (C=O) groups excluding carboxylic acids is 4. The lowest BCUT2D eigenvalue weighted by Crippen LogP contribution is -2.53. The highest BCUT2D eigenvalue weighted by Gasteiger charge is 2.70. The van der Waals surface area contributed by atoms with Crippen LogP contribution in [0.4, 0.5) is 5.69 Å². The molecule has 3 heterocycles. The van der Waals surface area contributed by atoms with Gasteiger partial charge in [0.05, 0.1) is 47.5 Å². The van der Waals surface area contributed by atoms with Gasteiger partial charge in [0.25, 0.3) is 11.8 Å². The van der Waals surface area contributed by atoms with Gasteiger partial charge in [-0.2, -0.15) is 5.01 Å². The molecule has 0 bridgehead atoms. The van der Waals surface area contributed by atoms with Crippen LogP contribution in [0, 0.1) is 30.6 Å². The van der Waals surface area contributed by atoms with Gasteiger partial charge in [0.15, 0.2) is 11.5 Å². The van der Waals surface area contributed by atoms with Crippen LogP contribution in [-0.2, 0) is 31.1 Å². The lowest BCUT2D eigenvalue weighted by atomic mass is 9.49. The van der Waals surface area contributed by atoms with Crippen LogP contribution in [0.15, 0.2) is 95.9 Å². The number of phenols is 1. The van der Waals surface area contributed by atoms with Gasteiger partial charge in [-0.15, -0.1) is 11.3 Å². The summed E-state index contributed by atoms with van der Waals surface area (Å²) in [5.74, 6) is -4.96. The Kier molecular flexibility index (Phi) is 7.84. The number of fused-ring (bicyclic) bond motifs is 4. The Hall–Kier alpha value is -4.93. The number of rotatable bonds is 7. The van der Waals surface area contributed by atoms with Gasteiger partial charge in [-0.3, -0.25) is 29.5 Å². The molecule has 50 heavy (non-hydrogen) atoms. The number of methoxy groups -OCH3 is 1. The molecular formula is C39H34ClN3O6S. The molecule has 11 heteroatoms. The first-order valence-corrected chi connectivity index (χ1v) is 17.8. The van der Waals surface area contributed by atoms with Crippen molar-refractivity contribution in [3.05, 3.63) is 122 Å². The molecule has 8 rings (SSSR count). The van der Waals surface area contributed by atoms with E-state index in [9.17, 15) is 19.5 Å². The van der Waals surface area contributed by atoms with Crippen molar-refractivity contribution in [2.75, 3.05) is 12.5 Å². The Morgan fingerprint density at radius 3 is 2.42 bits per heavy atom. The molecule has 4 aliphatic rings. The lowest BCUT2D eigenvalue weighted by molar-refractivity contribution is -0.141. The number of hydrazine groups is 1. The number of hydrogen-bond donors (Lipinski definition) is 2. The van der Waals surface area contributed by atoms with Crippen molar-refractivity contribution in [1.82, 2.24) is 9.91 Å². The molecule has 2 aliphatic carbocycles. The van der Waals surface area contributed by atoms with Crippen LogP contribution in [-0.4, -0.2) is 45.8 Å². The number of halogens is 1. The van der Waals surface area contributed by atoms with Gasteiger partial charge in [0, 0.05) is 10.8 Å². The molecule has 254 valence electrons. The van der Waals surface area contributed by atoms with Gasteiger partial charge in [-0.1, -0.05) is 77.3 Å². The maximum absolute atomic E-state index is 15.3. The predicted octanol–water partition coefficient (Wildman–Crippen LogP) is 6.61. The molecule has 4 amide bonds. The third kappa shape index (κ3) is 4.72. The number of allylic oxidation sites excluding steroid dienone is 2. The maximum Gasteiger partial charge on any atom is 0.260 e. The second-order valence-electron chi connectivity index (χ2n) is 13.5. The normalized spacial score (nSPS) is 27.2. The molecule has 1 saturated carbocycles. The van der Waals surface area contributed by atoms with Crippen LogP contribution < -0.4 is 10.2 Å². The summed E-state index contributed by atoms with van der Waals surface area (Å²) in [7, 11) is 1.42. The Morgan fingerprint density at radius 2 is 1.72 bits per heavy atom. The fourth-order valence-corrected chi connectivity index (χ4v) is 9.73. The fraction of sp³-hybridized carbons (Fsp3) is 0.282. The zero-order valence-electron chi connectivity index (χ0n) is 27.3. The molecule has 6 atom stereocenters. The Bertz CT molecular complexity index is 2070. The van der Waals surface area contributed by atoms with E-state index in [1.54, 1.807) is 12.1 Å². The topological polar surface area (TPSA) is 116 Å². The molecule has 1 aromatic heterocycles. The predicted molar refractivity (Wildman–Crippen MR) is 188 cm³/mol. The van der Waals surface area contributed by atoms with Crippen LogP contribution >= 0.6 is 22.9 Å². The van der Waals surface area contributed by atoms with Crippen molar-refractivity contribution in [2.45, 2.75) is 37.6 Å². The summed E-state index contributed by atoms with van der Waals surface area (Å²) in [5, 5.41) is 13.8. The zero-order chi connectivity index (χ0) is 34.9. The van der Waals surface area contributed by atoms with E-state index >= 15 is 4.79 Å². The van der Waals surface area contributed by atoms with Gasteiger partial charge < -0.3 is 9.84 Å². The van der Waals surface area contributed by atoms with Crippen molar-refractivity contribution in [3.8, 4) is 11.5 Å². The van der Waals surface area contributed by atoms with Crippen LogP contribution in [0.1, 0.15) is 40.3 Å². The number of aromatic hydroxyl groups is 1. The Balaban J connectivity index is 1.33. The molecule has 3 fully saturated rings. The molecule has 9 nitrogen and oxygen atoms in total. The van der Waals surface area contributed by atoms with Crippen LogP contribution in [0.2, 0.25) is 5.02 Å². The van der Waals surface area contributed by atoms with E-state index in [2.05, 4.69) is 5.43 Å². The second kappa shape index (κ2) is 12.1. The van der Waals surface area contributed by atoms with Gasteiger partial charge >= 0.3 is 0 Å². The second-order valence-corrected chi connectivity index (χ2v) is 14.9. The molecule has 4 aromatic rings. The summed E-state index contributed by atoms with van der Waals surface area (Å²) in [6.45, 7) is 2.15. The highest BCUT2D eigenvalue weighted by atomic mass is 35.5. The summed E-state index contributed by atoms with van der Waals surface area (Å²) in [6.07, 6.45) is 2.49. The van der Waals surface area contributed by atoms with Gasteiger partial charge in [0.1, 0.15) is 0 Å². The van der Waals surface area contributed by atoms with Crippen molar-refractivity contribution in [2.24, 2.45) is 23.7 Å². The third-order valence-electron chi connectivity index (χ3n) is 11.0. The lowest BCUT2D eigenvalue weighted by Gasteiger charge is -2.50. The van der Waals surface area contributed by atoms with E-state index in [1.807, 2.05) is 85.1 Å². The number of benzene rings is 3. The number of nitrogens with zero attached hydrogens (tertiary/aromatic N) is 2. The first-order valence-electron chi connectivity index (χ1n) is 16.6. The molecule has 0 radical (unpaired) electrons. The number of likely N-dealkylation sites (tertiary alicyclic amines) is 1. The molecule has 0 spiro atoms. The number of aryl methyl sites for hydroxylation is 1. The van der Waals surface area contributed by atoms with Gasteiger partial charge in [-0.25, -0.2) is 0 Å². The minimum absolute atomic E-state index is 0.0242. The number of thiophene rings is 1. The first kappa shape index (κ1) is 32.3. The zero-order valence-corrected chi connectivity index (χ0v) is 28.9. The van der Waals surface area contributed by atoms with Crippen LogP contribution in [0.3, 0.4) is 0 Å². The SMILES string of the molecule is COc1cc(C2C3=CCC4C(=O)N(Cc5cccs5)C(=O)C4C3CC3C(=O)N(Nc4ccc(C)cc4)C(=O)C32c2ccccc2)cc(Cl)c1O. The average molecular weight is 708 g/mol. The Morgan fingerprint density at radius 1 is 0.960 bits per heavy atom.